The summed E-state index contributed by atoms with van der Waals surface area (Å²) >= 11 is 0. The molecule has 1 aromatic heterocycles. The summed E-state index contributed by atoms with van der Waals surface area (Å²) in [4.78, 5) is 28.9. The van der Waals surface area contributed by atoms with E-state index in [4.69, 9.17) is 9.15 Å². The Kier molecular flexibility index (Phi) is 7.22. The molecule has 2 fully saturated rings. The summed E-state index contributed by atoms with van der Waals surface area (Å²) in [5, 5.41) is 3.00. The first-order valence-electron chi connectivity index (χ1n) is 10.8. The minimum atomic E-state index is -0.448. The lowest BCUT2D eigenvalue weighted by atomic mass is 9.93. The van der Waals surface area contributed by atoms with E-state index in [1.807, 2.05) is 37.8 Å². The number of piperidine rings is 1. The molecule has 0 radical (unpaired) electrons. The van der Waals surface area contributed by atoms with Crippen molar-refractivity contribution in [3.8, 4) is 0 Å². The zero-order valence-corrected chi connectivity index (χ0v) is 18.0. The minimum absolute atomic E-state index is 0.0354. The van der Waals surface area contributed by atoms with Gasteiger partial charge in [-0.1, -0.05) is 0 Å². The SMILES string of the molecule is CC(C)(C)OC(=O)N1CCC(CCN2CCCC2C(=O)NCc2ccco2)CC1. The quantitative estimate of drug-likeness (QED) is 0.785. The fraction of sp³-hybridized carbons (Fsp3) is 0.727. The van der Waals surface area contributed by atoms with E-state index in [9.17, 15) is 9.59 Å². The minimum Gasteiger partial charge on any atom is -0.467 e. The Hall–Kier alpha value is -2.02. The number of nitrogens with one attached hydrogen (secondary N) is 1. The van der Waals surface area contributed by atoms with Crippen LogP contribution in [-0.4, -0.2) is 59.6 Å². The van der Waals surface area contributed by atoms with Gasteiger partial charge in [0, 0.05) is 13.1 Å². The lowest BCUT2D eigenvalue weighted by molar-refractivity contribution is -0.125. The van der Waals surface area contributed by atoms with Crippen molar-refractivity contribution >= 4 is 12.0 Å². The van der Waals surface area contributed by atoms with E-state index in [1.54, 1.807) is 6.26 Å². The van der Waals surface area contributed by atoms with Crippen molar-refractivity contribution in [3.05, 3.63) is 24.2 Å². The Bertz CT molecular complexity index is 660. The number of rotatable bonds is 6. The van der Waals surface area contributed by atoms with E-state index >= 15 is 0 Å². The normalized spacial score (nSPS) is 21.3. The van der Waals surface area contributed by atoms with Gasteiger partial charge in [0.25, 0.3) is 0 Å². The predicted octanol–water partition coefficient (Wildman–Crippen LogP) is 3.40. The molecule has 1 aromatic rings. The monoisotopic (exact) mass is 405 g/mol. The summed E-state index contributed by atoms with van der Waals surface area (Å²) in [6, 6.07) is 3.67. The van der Waals surface area contributed by atoms with Crippen LogP contribution in [0.5, 0.6) is 0 Å². The third-order valence-corrected chi connectivity index (χ3v) is 5.77. The number of carbonyl (C=O) groups is 2. The first-order valence-corrected chi connectivity index (χ1v) is 10.8. The average Bonchev–Trinajstić information content (AvgIpc) is 3.35. The largest absolute Gasteiger partial charge is 0.467 e. The fourth-order valence-electron chi connectivity index (χ4n) is 4.17. The standard InChI is InChI=1S/C22H35N3O4/c1-22(2,3)29-21(27)25-13-9-17(10-14-25)8-12-24-11-4-7-19(24)20(26)23-16-18-6-5-15-28-18/h5-6,15,17,19H,4,7-14,16H2,1-3H3,(H,23,26). The highest BCUT2D eigenvalue weighted by atomic mass is 16.6. The Balaban J connectivity index is 1.38. The fourth-order valence-corrected chi connectivity index (χ4v) is 4.17. The van der Waals surface area contributed by atoms with Crippen molar-refractivity contribution in [2.75, 3.05) is 26.2 Å². The summed E-state index contributed by atoms with van der Waals surface area (Å²) in [5.74, 6) is 1.47. The lowest BCUT2D eigenvalue weighted by Crippen LogP contribution is -2.44. The molecule has 0 aromatic carbocycles. The van der Waals surface area contributed by atoms with Crippen LogP contribution in [-0.2, 0) is 16.1 Å². The van der Waals surface area contributed by atoms with E-state index in [-0.39, 0.29) is 18.0 Å². The lowest BCUT2D eigenvalue weighted by Gasteiger charge is -2.34. The second-order valence-corrected chi connectivity index (χ2v) is 9.19. The molecule has 2 aliphatic heterocycles. The topological polar surface area (TPSA) is 75.0 Å². The van der Waals surface area contributed by atoms with Crippen molar-refractivity contribution < 1.29 is 18.7 Å². The van der Waals surface area contributed by atoms with Gasteiger partial charge in [-0.3, -0.25) is 9.69 Å². The van der Waals surface area contributed by atoms with Gasteiger partial charge in [-0.05, 0) is 84.0 Å². The molecule has 1 N–H and O–H groups in total. The third-order valence-electron chi connectivity index (χ3n) is 5.77. The molecule has 2 saturated heterocycles. The van der Waals surface area contributed by atoms with Crippen LogP contribution < -0.4 is 5.32 Å². The Morgan fingerprint density at radius 2 is 1.97 bits per heavy atom. The number of hydrogen-bond acceptors (Lipinski definition) is 5. The number of nitrogens with zero attached hydrogens (tertiary/aromatic N) is 2. The highest BCUT2D eigenvalue weighted by molar-refractivity contribution is 5.81. The Morgan fingerprint density at radius 1 is 1.21 bits per heavy atom. The molecule has 162 valence electrons. The van der Waals surface area contributed by atoms with Crippen LogP contribution in [0.25, 0.3) is 0 Å². The van der Waals surface area contributed by atoms with Crippen LogP contribution in [0.2, 0.25) is 0 Å². The van der Waals surface area contributed by atoms with Gasteiger partial charge in [0.2, 0.25) is 5.91 Å². The molecule has 1 unspecified atom stereocenters. The van der Waals surface area contributed by atoms with Gasteiger partial charge in [0.15, 0.2) is 0 Å². The highest BCUT2D eigenvalue weighted by Gasteiger charge is 2.32. The maximum Gasteiger partial charge on any atom is 0.410 e. The molecule has 3 rings (SSSR count). The predicted molar refractivity (Wildman–Crippen MR) is 110 cm³/mol. The van der Waals surface area contributed by atoms with E-state index in [1.165, 1.54) is 0 Å². The van der Waals surface area contributed by atoms with Crippen LogP contribution in [0, 0.1) is 5.92 Å². The van der Waals surface area contributed by atoms with Crippen molar-refractivity contribution in [2.45, 2.75) is 71.1 Å². The van der Waals surface area contributed by atoms with Crippen LogP contribution in [0.1, 0.15) is 58.6 Å². The van der Waals surface area contributed by atoms with Gasteiger partial charge in [0.1, 0.15) is 11.4 Å². The van der Waals surface area contributed by atoms with Crippen LogP contribution >= 0.6 is 0 Å². The maximum absolute atomic E-state index is 12.6. The number of carbonyl (C=O) groups excluding carboxylic acids is 2. The van der Waals surface area contributed by atoms with Gasteiger partial charge in [0.05, 0.1) is 18.8 Å². The maximum atomic E-state index is 12.6. The Morgan fingerprint density at radius 3 is 2.62 bits per heavy atom. The second kappa shape index (κ2) is 9.65. The Labute approximate surface area is 173 Å². The zero-order chi connectivity index (χ0) is 20.9. The van der Waals surface area contributed by atoms with E-state index in [2.05, 4.69) is 10.2 Å². The molecule has 7 heteroatoms. The molecule has 29 heavy (non-hydrogen) atoms. The number of hydrogen-bond donors (Lipinski definition) is 1. The first kappa shape index (κ1) is 21.7. The van der Waals surface area contributed by atoms with Gasteiger partial charge in [-0.25, -0.2) is 4.79 Å². The summed E-state index contributed by atoms with van der Waals surface area (Å²) in [6.07, 6.45) is 6.48. The number of likely N-dealkylation sites (tertiary alicyclic amines) is 2. The summed E-state index contributed by atoms with van der Waals surface area (Å²) in [5.41, 5.74) is -0.448. The van der Waals surface area contributed by atoms with Crippen molar-refractivity contribution in [1.29, 1.82) is 0 Å². The average molecular weight is 406 g/mol. The number of furan rings is 1. The van der Waals surface area contributed by atoms with E-state index in [0.717, 1.165) is 64.0 Å². The molecule has 2 aliphatic rings. The van der Waals surface area contributed by atoms with Crippen molar-refractivity contribution in [1.82, 2.24) is 15.1 Å². The van der Waals surface area contributed by atoms with Crippen molar-refractivity contribution in [2.24, 2.45) is 5.92 Å². The molecule has 2 amide bonds. The second-order valence-electron chi connectivity index (χ2n) is 9.19. The van der Waals surface area contributed by atoms with Gasteiger partial charge < -0.3 is 19.4 Å². The molecule has 0 aliphatic carbocycles. The molecule has 0 bridgehead atoms. The summed E-state index contributed by atoms with van der Waals surface area (Å²) in [6.45, 7) is 9.57. The van der Waals surface area contributed by atoms with Crippen LogP contribution in [0.3, 0.4) is 0 Å². The van der Waals surface area contributed by atoms with Crippen LogP contribution in [0.4, 0.5) is 4.79 Å². The van der Waals surface area contributed by atoms with E-state index < -0.39 is 5.60 Å². The molecule has 0 saturated carbocycles. The summed E-state index contributed by atoms with van der Waals surface area (Å²) in [7, 11) is 0. The van der Waals surface area contributed by atoms with Crippen molar-refractivity contribution in [3.63, 3.8) is 0 Å². The molecule has 0 spiro atoms. The highest BCUT2D eigenvalue weighted by Crippen LogP contribution is 2.25. The smallest absolute Gasteiger partial charge is 0.410 e. The first-order chi connectivity index (χ1) is 13.8. The molecule has 1 atom stereocenters. The number of amides is 2. The van der Waals surface area contributed by atoms with Gasteiger partial charge >= 0.3 is 6.09 Å². The molecular weight excluding hydrogens is 370 g/mol. The van der Waals surface area contributed by atoms with Gasteiger partial charge in [-0.15, -0.1) is 0 Å². The number of ether oxygens (including phenoxy) is 1. The molecular formula is C22H35N3O4. The van der Waals surface area contributed by atoms with Gasteiger partial charge in [-0.2, -0.15) is 0 Å². The molecule has 7 nitrogen and oxygen atoms in total. The zero-order valence-electron chi connectivity index (χ0n) is 18.0. The summed E-state index contributed by atoms with van der Waals surface area (Å²) < 4.78 is 10.8. The molecule has 3 heterocycles. The van der Waals surface area contributed by atoms with Crippen LogP contribution in [0.15, 0.2) is 22.8 Å². The van der Waals surface area contributed by atoms with E-state index in [0.29, 0.717) is 12.5 Å². The third kappa shape index (κ3) is 6.49.